The average Bonchev–Trinajstić information content (AvgIpc) is 3.33. The van der Waals surface area contributed by atoms with E-state index >= 15 is 4.39 Å². The van der Waals surface area contributed by atoms with E-state index in [1.807, 2.05) is 0 Å². The Morgan fingerprint density at radius 3 is 2.48 bits per heavy atom. The highest BCUT2D eigenvalue weighted by Crippen LogP contribution is 2.38. The number of hydrogen-bond acceptors (Lipinski definition) is 7. The van der Waals surface area contributed by atoms with Gasteiger partial charge < -0.3 is 15.3 Å². The molecule has 2 N–H and O–H groups in total. The Balaban J connectivity index is 1.94. The summed E-state index contributed by atoms with van der Waals surface area (Å²) < 4.78 is 101. The van der Waals surface area contributed by atoms with Crippen LogP contribution in [0.1, 0.15) is 23.7 Å². The quantitative estimate of drug-likeness (QED) is 0.100. The number of β-amino-alcohol motifs (C(OH)–C–C–N with tert-alkyl or cyclic N) is 1. The van der Waals surface area contributed by atoms with Crippen molar-refractivity contribution in [2.75, 3.05) is 25.0 Å². The lowest BCUT2D eigenvalue weighted by molar-refractivity contribution is -0.232. The van der Waals surface area contributed by atoms with Gasteiger partial charge >= 0.3 is 11.8 Å². The number of aromatic nitrogens is 3. The van der Waals surface area contributed by atoms with Gasteiger partial charge in [0.25, 0.3) is 5.91 Å². The van der Waals surface area contributed by atoms with Gasteiger partial charge in [0.1, 0.15) is 11.4 Å². The summed E-state index contributed by atoms with van der Waals surface area (Å²) in [5, 5.41) is 13.4. The molecule has 0 radical (unpaired) electrons. The number of azide groups is 1. The average molecular weight is 603 g/mol. The molecule has 0 bridgehead atoms. The number of alkyl halides is 4. The van der Waals surface area contributed by atoms with Crippen LogP contribution in [0.5, 0.6) is 0 Å². The van der Waals surface area contributed by atoms with Crippen LogP contribution >= 0.6 is 0 Å². The molecule has 0 spiro atoms. The summed E-state index contributed by atoms with van der Waals surface area (Å²) in [5.41, 5.74) is 5.68. The highest BCUT2D eigenvalue weighted by atomic mass is 19.3. The maximum absolute atomic E-state index is 15.2. The Bertz CT molecular complexity index is 1660. The van der Waals surface area contributed by atoms with Gasteiger partial charge in [-0.05, 0) is 17.7 Å². The fourth-order valence-corrected chi connectivity index (χ4v) is 4.25. The first kappa shape index (κ1) is 30.3. The minimum absolute atomic E-state index is 0.0198. The van der Waals surface area contributed by atoms with Crippen LogP contribution in [0.15, 0.2) is 34.5 Å². The second-order valence-corrected chi connectivity index (χ2v) is 9.39. The standard InChI is InChI=1S/C23H20F7N9O3/c1-22(27,28)23(29,30)21(37(2)36-35-31)34-20(42)13-9-39(18-14(25)5-10(24)7-32-18)17-12(16(13)41)6-15(26)19(33-17)38-4-3-11(40)8-38/h5-7,9,11,21,40H,3-4,8H2,1-2H3,(H,34,42). The highest BCUT2D eigenvalue weighted by molar-refractivity contribution is 5.97. The van der Waals surface area contributed by atoms with Gasteiger partial charge in [0, 0.05) is 32.3 Å². The number of amides is 1. The third kappa shape index (κ3) is 5.47. The second-order valence-electron chi connectivity index (χ2n) is 9.39. The fraction of sp³-hybridized carbons (Fsp3) is 0.391. The van der Waals surface area contributed by atoms with Crippen molar-refractivity contribution in [2.24, 2.45) is 5.22 Å². The number of anilines is 1. The van der Waals surface area contributed by atoms with Crippen LogP contribution in [-0.4, -0.2) is 74.8 Å². The molecule has 0 aliphatic carbocycles. The predicted molar refractivity (Wildman–Crippen MR) is 132 cm³/mol. The van der Waals surface area contributed by atoms with Gasteiger partial charge in [-0.3, -0.25) is 14.2 Å². The van der Waals surface area contributed by atoms with Crippen molar-refractivity contribution in [2.45, 2.75) is 37.5 Å². The zero-order chi connectivity index (χ0) is 31.1. The van der Waals surface area contributed by atoms with Gasteiger partial charge in [0.15, 0.2) is 28.9 Å². The third-order valence-electron chi connectivity index (χ3n) is 6.39. The molecule has 4 rings (SSSR count). The Hall–Kier alpha value is -4.64. The van der Waals surface area contributed by atoms with E-state index in [4.69, 9.17) is 5.53 Å². The van der Waals surface area contributed by atoms with E-state index in [0.717, 1.165) is 0 Å². The molecular weight excluding hydrogens is 583 g/mol. The number of nitrogens with one attached hydrogen (secondary N) is 1. The Morgan fingerprint density at radius 1 is 1.24 bits per heavy atom. The van der Waals surface area contributed by atoms with Crippen molar-refractivity contribution in [1.82, 2.24) is 24.9 Å². The van der Waals surface area contributed by atoms with E-state index in [1.165, 1.54) is 10.2 Å². The summed E-state index contributed by atoms with van der Waals surface area (Å²) in [6.45, 7) is -0.0476. The lowest BCUT2D eigenvalue weighted by Gasteiger charge is -2.32. The van der Waals surface area contributed by atoms with Crippen LogP contribution in [0.2, 0.25) is 0 Å². The number of aliphatic hydroxyl groups excluding tert-OH is 1. The van der Waals surface area contributed by atoms with Crippen molar-refractivity contribution in [3.63, 3.8) is 0 Å². The molecule has 3 aromatic heterocycles. The zero-order valence-electron chi connectivity index (χ0n) is 21.6. The lowest BCUT2D eigenvalue weighted by atomic mass is 10.1. The van der Waals surface area contributed by atoms with Crippen LogP contribution in [0.4, 0.5) is 36.6 Å². The minimum atomic E-state index is -5.07. The Kier molecular flexibility index (Phi) is 7.92. The number of halogens is 7. The van der Waals surface area contributed by atoms with Gasteiger partial charge in [0.05, 0.1) is 24.7 Å². The van der Waals surface area contributed by atoms with E-state index < -0.39 is 75.3 Å². The molecule has 1 saturated heterocycles. The largest absolute Gasteiger partial charge is 0.391 e. The molecule has 2 atom stereocenters. The summed E-state index contributed by atoms with van der Waals surface area (Å²) >= 11 is 0. The first-order chi connectivity index (χ1) is 19.6. The van der Waals surface area contributed by atoms with Crippen LogP contribution in [0.3, 0.4) is 0 Å². The number of hydrogen-bond donors (Lipinski definition) is 2. The monoisotopic (exact) mass is 603 g/mol. The number of carbonyl (C=O) groups excluding carboxylic acids is 1. The fourth-order valence-electron chi connectivity index (χ4n) is 4.25. The summed E-state index contributed by atoms with van der Waals surface area (Å²) in [7, 11) is 0.650. The first-order valence-electron chi connectivity index (χ1n) is 11.9. The number of rotatable bonds is 8. The molecule has 1 amide bonds. The summed E-state index contributed by atoms with van der Waals surface area (Å²) in [6, 6.07) is 1.01. The molecule has 0 aromatic carbocycles. The van der Waals surface area contributed by atoms with Gasteiger partial charge in [-0.15, -0.1) is 5.53 Å². The number of aliphatic hydroxyl groups is 1. The lowest BCUT2D eigenvalue weighted by Crippen LogP contribution is -2.61. The normalized spacial score (nSPS) is 16.3. The third-order valence-corrected chi connectivity index (χ3v) is 6.39. The van der Waals surface area contributed by atoms with E-state index in [9.17, 15) is 41.0 Å². The van der Waals surface area contributed by atoms with Crippen LogP contribution < -0.4 is 15.6 Å². The van der Waals surface area contributed by atoms with Crippen molar-refractivity contribution in [3.8, 4) is 5.82 Å². The maximum atomic E-state index is 15.2. The molecule has 1 aliphatic rings. The molecule has 0 saturated carbocycles. The summed E-state index contributed by atoms with van der Waals surface area (Å²) in [5.74, 6) is -16.3. The molecule has 2 unspecified atom stereocenters. The molecule has 42 heavy (non-hydrogen) atoms. The van der Waals surface area contributed by atoms with Gasteiger partial charge in [0.2, 0.25) is 11.6 Å². The smallest absolute Gasteiger partial charge is 0.367 e. The van der Waals surface area contributed by atoms with Gasteiger partial charge in [-0.25, -0.2) is 28.1 Å². The number of fused-ring (bicyclic) bond motifs is 1. The van der Waals surface area contributed by atoms with E-state index in [0.29, 0.717) is 36.1 Å². The number of pyridine rings is 3. The van der Waals surface area contributed by atoms with Crippen LogP contribution in [0, 0.1) is 17.5 Å². The van der Waals surface area contributed by atoms with Crippen molar-refractivity contribution in [3.05, 3.63) is 68.2 Å². The van der Waals surface area contributed by atoms with Crippen molar-refractivity contribution >= 4 is 22.8 Å². The van der Waals surface area contributed by atoms with Crippen molar-refractivity contribution in [1.29, 1.82) is 0 Å². The summed E-state index contributed by atoms with van der Waals surface area (Å²) in [6.07, 6.45) is -2.44. The summed E-state index contributed by atoms with van der Waals surface area (Å²) in [4.78, 5) is 37.6. The molecule has 12 nitrogen and oxygen atoms in total. The SMILES string of the molecule is CN(N=[N+]=[N-])C(NC(=O)c1cn(-c2ncc(F)cc2F)c2nc(N3CCC(O)C3)c(F)cc2c1=O)C(F)(F)C(C)(F)F. The molecule has 19 heteroatoms. The molecule has 1 fully saturated rings. The molecule has 1 aliphatic heterocycles. The molecule has 4 heterocycles. The molecule has 3 aromatic rings. The van der Waals surface area contributed by atoms with Gasteiger partial charge in [-0.2, -0.15) is 22.5 Å². The van der Waals surface area contributed by atoms with E-state index in [-0.39, 0.29) is 37.3 Å². The molecular formula is C23H20F7N9O3. The van der Waals surface area contributed by atoms with Crippen LogP contribution in [-0.2, 0) is 0 Å². The van der Waals surface area contributed by atoms with Crippen molar-refractivity contribution < 1.29 is 40.6 Å². The molecule has 224 valence electrons. The van der Waals surface area contributed by atoms with Crippen LogP contribution in [0.25, 0.3) is 27.3 Å². The van der Waals surface area contributed by atoms with E-state index in [1.54, 1.807) is 0 Å². The first-order valence-corrected chi connectivity index (χ1v) is 11.9. The highest BCUT2D eigenvalue weighted by Gasteiger charge is 2.62. The Labute approximate surface area is 230 Å². The minimum Gasteiger partial charge on any atom is -0.391 e. The Morgan fingerprint density at radius 2 is 1.90 bits per heavy atom. The van der Waals surface area contributed by atoms with Gasteiger partial charge in [-0.1, -0.05) is 0 Å². The number of carbonyl (C=O) groups is 1. The zero-order valence-corrected chi connectivity index (χ0v) is 21.6. The number of nitrogens with zero attached hydrogens (tertiary/aromatic N) is 8. The maximum Gasteiger partial charge on any atom is 0.367 e. The predicted octanol–water partition coefficient (Wildman–Crippen LogP) is 3.27. The van der Waals surface area contributed by atoms with E-state index in [2.05, 4.69) is 20.1 Å². The topological polar surface area (TPSA) is 152 Å². The second kappa shape index (κ2) is 11.0.